The summed E-state index contributed by atoms with van der Waals surface area (Å²) in [5, 5.41) is 3.12. The number of hydrogen-bond acceptors (Lipinski definition) is 4. The molecule has 1 amide bonds. The first-order valence-corrected chi connectivity index (χ1v) is 8.52. The molecule has 25 heavy (non-hydrogen) atoms. The Morgan fingerprint density at radius 1 is 1.20 bits per heavy atom. The number of carbonyl (C=O) groups excluding carboxylic acids is 2. The molecule has 1 aromatic heterocycles. The van der Waals surface area contributed by atoms with Crippen LogP contribution in [-0.4, -0.2) is 23.0 Å². The van der Waals surface area contributed by atoms with Crippen LogP contribution in [0.2, 0.25) is 5.15 Å². The fourth-order valence-electron chi connectivity index (χ4n) is 2.27. The molecule has 0 aliphatic carbocycles. The summed E-state index contributed by atoms with van der Waals surface area (Å²) in [7, 11) is 0. The van der Waals surface area contributed by atoms with Gasteiger partial charge in [-0.05, 0) is 43.0 Å². The molecule has 0 saturated heterocycles. The van der Waals surface area contributed by atoms with Gasteiger partial charge in [0, 0.05) is 11.9 Å². The summed E-state index contributed by atoms with van der Waals surface area (Å²) in [6, 6.07) is 10.6. The van der Waals surface area contributed by atoms with Gasteiger partial charge in [-0.1, -0.05) is 43.6 Å². The van der Waals surface area contributed by atoms with Crippen molar-refractivity contribution >= 4 is 29.2 Å². The summed E-state index contributed by atoms with van der Waals surface area (Å²) >= 11 is 5.69. The lowest BCUT2D eigenvalue weighted by molar-refractivity contribution is -0.123. The van der Waals surface area contributed by atoms with Crippen molar-refractivity contribution in [2.75, 3.05) is 5.32 Å². The summed E-state index contributed by atoms with van der Waals surface area (Å²) in [6.45, 7) is 5.72. The van der Waals surface area contributed by atoms with Crippen molar-refractivity contribution in [3.8, 4) is 0 Å². The minimum atomic E-state index is -0.937. The number of ether oxygens (including phenoxy) is 1. The van der Waals surface area contributed by atoms with Crippen molar-refractivity contribution < 1.29 is 14.3 Å². The SMILES string of the molecule is CC[C@@H](C)c1ccccc1NC(=O)[C@H](C)OC(=O)c1ccc(Cl)nc1. The largest absolute Gasteiger partial charge is 0.449 e. The lowest BCUT2D eigenvalue weighted by Gasteiger charge is -2.18. The molecule has 2 atom stereocenters. The highest BCUT2D eigenvalue weighted by Crippen LogP contribution is 2.26. The predicted molar refractivity (Wildman–Crippen MR) is 97.9 cm³/mol. The molecule has 1 heterocycles. The van der Waals surface area contributed by atoms with Crippen LogP contribution in [-0.2, 0) is 9.53 Å². The van der Waals surface area contributed by atoms with Crippen molar-refractivity contribution in [1.29, 1.82) is 0 Å². The van der Waals surface area contributed by atoms with E-state index in [1.165, 1.54) is 25.3 Å². The van der Waals surface area contributed by atoms with Gasteiger partial charge in [0.2, 0.25) is 0 Å². The zero-order valence-corrected chi connectivity index (χ0v) is 15.2. The predicted octanol–water partition coefficient (Wildman–Crippen LogP) is 4.43. The molecule has 1 aromatic carbocycles. The molecular formula is C19H21ClN2O3. The van der Waals surface area contributed by atoms with Gasteiger partial charge in [0.15, 0.2) is 6.10 Å². The number of aromatic nitrogens is 1. The number of nitrogens with one attached hydrogen (secondary N) is 1. The van der Waals surface area contributed by atoms with Crippen LogP contribution in [0.1, 0.15) is 49.0 Å². The molecule has 0 bridgehead atoms. The molecular weight excluding hydrogens is 340 g/mol. The molecule has 2 rings (SSSR count). The normalized spacial score (nSPS) is 13.0. The highest BCUT2D eigenvalue weighted by Gasteiger charge is 2.20. The fourth-order valence-corrected chi connectivity index (χ4v) is 2.39. The van der Waals surface area contributed by atoms with Gasteiger partial charge in [0.05, 0.1) is 5.56 Å². The Hall–Kier alpha value is -2.40. The van der Waals surface area contributed by atoms with Gasteiger partial charge in [-0.15, -0.1) is 0 Å². The minimum Gasteiger partial charge on any atom is -0.449 e. The zero-order valence-electron chi connectivity index (χ0n) is 14.5. The Balaban J connectivity index is 2.03. The van der Waals surface area contributed by atoms with Gasteiger partial charge in [0.1, 0.15) is 5.15 Å². The Kier molecular flexibility index (Phi) is 6.53. The molecule has 0 aliphatic rings. The Labute approximate surface area is 152 Å². The lowest BCUT2D eigenvalue weighted by atomic mass is 9.97. The average Bonchev–Trinajstić information content (AvgIpc) is 2.61. The number of halogens is 1. The molecule has 5 nitrogen and oxygen atoms in total. The van der Waals surface area contributed by atoms with Gasteiger partial charge in [-0.25, -0.2) is 9.78 Å². The topological polar surface area (TPSA) is 68.3 Å². The number of amides is 1. The summed E-state index contributed by atoms with van der Waals surface area (Å²) < 4.78 is 5.20. The second-order valence-electron chi connectivity index (χ2n) is 5.80. The van der Waals surface area contributed by atoms with Crippen LogP contribution in [0.15, 0.2) is 42.6 Å². The van der Waals surface area contributed by atoms with Crippen LogP contribution >= 0.6 is 11.6 Å². The molecule has 0 saturated carbocycles. The van der Waals surface area contributed by atoms with Gasteiger partial charge < -0.3 is 10.1 Å². The third-order valence-electron chi connectivity index (χ3n) is 3.98. The molecule has 6 heteroatoms. The van der Waals surface area contributed by atoms with E-state index in [4.69, 9.17) is 16.3 Å². The van der Waals surface area contributed by atoms with Crippen LogP contribution in [0, 0.1) is 0 Å². The second kappa shape index (κ2) is 8.62. The first kappa shape index (κ1) is 18.9. The molecule has 0 aliphatic heterocycles. The molecule has 2 aromatic rings. The van der Waals surface area contributed by atoms with E-state index in [9.17, 15) is 9.59 Å². The average molecular weight is 361 g/mol. The number of esters is 1. The third-order valence-corrected chi connectivity index (χ3v) is 4.20. The van der Waals surface area contributed by atoms with E-state index >= 15 is 0 Å². The lowest BCUT2D eigenvalue weighted by Crippen LogP contribution is -2.30. The summed E-state index contributed by atoms with van der Waals surface area (Å²) in [5.41, 5.74) is 2.03. The maximum Gasteiger partial charge on any atom is 0.340 e. The second-order valence-corrected chi connectivity index (χ2v) is 6.19. The molecule has 0 unspecified atom stereocenters. The highest BCUT2D eigenvalue weighted by molar-refractivity contribution is 6.29. The minimum absolute atomic E-state index is 0.240. The van der Waals surface area contributed by atoms with E-state index in [1.54, 1.807) is 0 Å². The maximum absolute atomic E-state index is 12.4. The monoisotopic (exact) mass is 360 g/mol. The van der Waals surface area contributed by atoms with Crippen LogP contribution in [0.5, 0.6) is 0 Å². The Morgan fingerprint density at radius 2 is 1.92 bits per heavy atom. The first-order chi connectivity index (χ1) is 11.9. The number of hydrogen-bond donors (Lipinski definition) is 1. The number of pyridine rings is 1. The smallest absolute Gasteiger partial charge is 0.340 e. The van der Waals surface area contributed by atoms with Crippen molar-refractivity contribution in [2.45, 2.75) is 39.2 Å². The molecule has 0 spiro atoms. The van der Waals surface area contributed by atoms with Crippen LogP contribution in [0.3, 0.4) is 0 Å². The Morgan fingerprint density at radius 3 is 2.56 bits per heavy atom. The fraction of sp³-hybridized carbons (Fsp3) is 0.316. The van der Waals surface area contributed by atoms with Gasteiger partial charge in [-0.3, -0.25) is 4.79 Å². The van der Waals surface area contributed by atoms with E-state index in [1.807, 2.05) is 24.3 Å². The zero-order chi connectivity index (χ0) is 18.4. The van der Waals surface area contributed by atoms with Crippen molar-refractivity contribution in [3.63, 3.8) is 0 Å². The number of benzene rings is 1. The van der Waals surface area contributed by atoms with Gasteiger partial charge in [-0.2, -0.15) is 0 Å². The van der Waals surface area contributed by atoms with E-state index in [0.717, 1.165) is 17.7 Å². The van der Waals surface area contributed by atoms with E-state index in [0.29, 0.717) is 5.92 Å². The van der Waals surface area contributed by atoms with Crippen molar-refractivity contribution in [2.24, 2.45) is 0 Å². The van der Waals surface area contributed by atoms with Gasteiger partial charge in [0.25, 0.3) is 5.91 Å². The standard InChI is InChI=1S/C19H21ClN2O3/c1-4-12(2)15-7-5-6-8-16(15)22-18(23)13(3)25-19(24)14-9-10-17(20)21-11-14/h5-13H,4H2,1-3H3,(H,22,23)/t12-,13+/m1/s1. The number of anilines is 1. The molecule has 1 N–H and O–H groups in total. The number of rotatable bonds is 6. The van der Waals surface area contributed by atoms with Crippen LogP contribution in [0.25, 0.3) is 0 Å². The van der Waals surface area contributed by atoms with Gasteiger partial charge >= 0.3 is 5.97 Å². The Bertz CT molecular complexity index is 747. The quantitative estimate of drug-likeness (QED) is 0.611. The molecule has 132 valence electrons. The summed E-state index contributed by atoms with van der Waals surface area (Å²) in [4.78, 5) is 28.3. The molecule has 0 radical (unpaired) electrons. The summed E-state index contributed by atoms with van der Waals surface area (Å²) in [6.07, 6.45) is 1.34. The first-order valence-electron chi connectivity index (χ1n) is 8.14. The number of nitrogens with zero attached hydrogens (tertiary/aromatic N) is 1. The summed E-state index contributed by atoms with van der Waals surface area (Å²) in [5.74, 6) is -0.692. The maximum atomic E-state index is 12.4. The number of carbonyl (C=O) groups is 2. The highest BCUT2D eigenvalue weighted by atomic mass is 35.5. The third kappa shape index (κ3) is 5.03. The van der Waals surface area contributed by atoms with E-state index in [-0.39, 0.29) is 16.6 Å². The van der Waals surface area contributed by atoms with Crippen molar-refractivity contribution in [1.82, 2.24) is 4.98 Å². The van der Waals surface area contributed by atoms with Crippen LogP contribution < -0.4 is 5.32 Å². The van der Waals surface area contributed by atoms with Crippen molar-refractivity contribution in [3.05, 3.63) is 58.9 Å². The van der Waals surface area contributed by atoms with Crippen LogP contribution in [0.4, 0.5) is 5.69 Å². The van der Waals surface area contributed by atoms with E-state index in [2.05, 4.69) is 24.1 Å². The number of para-hydroxylation sites is 1. The molecule has 0 fully saturated rings. The van der Waals surface area contributed by atoms with E-state index < -0.39 is 12.1 Å².